The molecule has 0 saturated carbocycles. The summed E-state index contributed by atoms with van der Waals surface area (Å²) >= 11 is 0. The first-order chi connectivity index (χ1) is 8.77. The van der Waals surface area contributed by atoms with E-state index in [9.17, 15) is 9.59 Å². The van der Waals surface area contributed by atoms with Gasteiger partial charge in [0.2, 0.25) is 0 Å². The van der Waals surface area contributed by atoms with Crippen molar-refractivity contribution in [3.63, 3.8) is 0 Å². The summed E-state index contributed by atoms with van der Waals surface area (Å²) in [6.45, 7) is 0.310. The molecule has 6 heteroatoms. The van der Waals surface area contributed by atoms with Gasteiger partial charge in [-0.25, -0.2) is 31.9 Å². The van der Waals surface area contributed by atoms with Crippen LogP contribution in [0.4, 0.5) is 0 Å². The minimum atomic E-state index is -0.411. The van der Waals surface area contributed by atoms with Crippen LogP contribution in [-0.2, 0) is 23.6 Å². The zero-order valence-electron chi connectivity index (χ0n) is 10.0. The van der Waals surface area contributed by atoms with Gasteiger partial charge >= 0.3 is 11.4 Å². The molecule has 5 nitrogen and oxygen atoms in total. The first-order valence-corrected chi connectivity index (χ1v) is 5.52. The van der Waals surface area contributed by atoms with Crippen LogP contribution >= 0.6 is 0 Å². The molecule has 1 heterocycles. The zero-order valence-corrected chi connectivity index (χ0v) is 11.1. The third-order valence-electron chi connectivity index (χ3n) is 2.39. The molecule has 0 spiro atoms. The van der Waals surface area contributed by atoms with Crippen molar-refractivity contribution in [2.75, 3.05) is 0 Å². The standard InChI is InChI=1S/C8H8N3O2.C5H5.Fe/c12-7-9-10-8(13)11(7)5-6-3-1-2-4-6;1-2-4-5-3-1;/h1-4H,5H2,(H,9,12)(H,10,13);1-5H;/q-1;-5;. The second kappa shape index (κ2) is 7.41. The van der Waals surface area contributed by atoms with Crippen molar-refractivity contribution in [3.8, 4) is 0 Å². The van der Waals surface area contributed by atoms with Crippen molar-refractivity contribution >= 4 is 0 Å². The van der Waals surface area contributed by atoms with Crippen LogP contribution in [0.1, 0.15) is 5.56 Å². The van der Waals surface area contributed by atoms with Crippen LogP contribution in [0.2, 0.25) is 0 Å². The third-order valence-corrected chi connectivity index (χ3v) is 2.39. The fraction of sp³-hybridized carbons (Fsp3) is 0.0769. The first kappa shape index (κ1) is 15.0. The number of aromatic amines is 2. The van der Waals surface area contributed by atoms with E-state index in [1.54, 1.807) is 0 Å². The molecule has 0 aliphatic carbocycles. The molecule has 0 atom stereocenters. The summed E-state index contributed by atoms with van der Waals surface area (Å²) in [6.07, 6.45) is 0. The molecular formula is C13H13FeN3O2-6. The largest absolute Gasteiger partial charge is 0.748 e. The summed E-state index contributed by atoms with van der Waals surface area (Å²) in [5.74, 6) is 0. The van der Waals surface area contributed by atoms with Gasteiger partial charge < -0.3 is 30.3 Å². The number of nitrogens with zero attached hydrogens (tertiary/aromatic N) is 1. The van der Waals surface area contributed by atoms with Crippen LogP contribution in [-0.4, -0.2) is 14.8 Å². The Balaban J connectivity index is 0.000000256. The summed E-state index contributed by atoms with van der Waals surface area (Å²) in [5.41, 5.74) is 0.115. The van der Waals surface area contributed by atoms with Gasteiger partial charge in [-0.3, -0.25) is 4.57 Å². The fourth-order valence-corrected chi connectivity index (χ4v) is 1.50. The van der Waals surface area contributed by atoms with E-state index in [-0.39, 0.29) is 17.1 Å². The molecule has 19 heavy (non-hydrogen) atoms. The molecule has 0 aliphatic heterocycles. The number of H-pyrrole nitrogens is 2. The van der Waals surface area contributed by atoms with Gasteiger partial charge in [-0.1, -0.05) is 0 Å². The van der Waals surface area contributed by atoms with E-state index >= 15 is 0 Å². The molecule has 3 aromatic rings. The maximum atomic E-state index is 11.0. The number of rotatable bonds is 2. The summed E-state index contributed by atoms with van der Waals surface area (Å²) in [5, 5.41) is 4.44. The fourth-order valence-electron chi connectivity index (χ4n) is 1.50. The smallest absolute Gasteiger partial charge is 0.343 e. The molecule has 0 fully saturated rings. The summed E-state index contributed by atoms with van der Waals surface area (Å²) in [4.78, 5) is 22.1. The minimum absolute atomic E-state index is 0. The third kappa shape index (κ3) is 4.28. The topological polar surface area (TPSA) is 70.7 Å². The molecule has 1 aromatic heterocycles. The van der Waals surface area contributed by atoms with E-state index in [1.807, 2.05) is 54.6 Å². The van der Waals surface area contributed by atoms with Gasteiger partial charge in [-0.05, 0) is 0 Å². The van der Waals surface area contributed by atoms with E-state index in [2.05, 4.69) is 10.2 Å². The predicted octanol–water partition coefficient (Wildman–Crippen LogP) is 1.03. The van der Waals surface area contributed by atoms with Crippen LogP contribution < -0.4 is 11.4 Å². The molecule has 2 N–H and O–H groups in total. The second-order valence-corrected chi connectivity index (χ2v) is 3.70. The average molecular weight is 299 g/mol. The Bertz CT molecular complexity index is 615. The molecule has 0 saturated heterocycles. The van der Waals surface area contributed by atoms with Crippen molar-refractivity contribution in [1.29, 1.82) is 0 Å². The van der Waals surface area contributed by atoms with Crippen LogP contribution in [0.15, 0.2) is 64.2 Å². The normalized spacial score (nSPS) is 9.26. The Kier molecular flexibility index (Phi) is 5.85. The average Bonchev–Trinajstić information content (AvgIpc) is 3.08. The first-order valence-electron chi connectivity index (χ1n) is 5.52. The van der Waals surface area contributed by atoms with E-state index in [0.717, 1.165) is 10.1 Å². The van der Waals surface area contributed by atoms with Gasteiger partial charge in [0.05, 0.1) is 0 Å². The Morgan fingerprint density at radius 1 is 0.947 bits per heavy atom. The molecule has 0 bridgehead atoms. The molecule has 2 aromatic carbocycles. The van der Waals surface area contributed by atoms with E-state index in [4.69, 9.17) is 0 Å². The summed E-state index contributed by atoms with van der Waals surface area (Å²) in [7, 11) is 0. The molecule has 0 aliphatic rings. The molecule has 0 amide bonds. The number of hydrogen-bond donors (Lipinski definition) is 2. The van der Waals surface area contributed by atoms with Gasteiger partial charge in [0.25, 0.3) is 0 Å². The van der Waals surface area contributed by atoms with Crippen molar-refractivity contribution in [2.24, 2.45) is 0 Å². The van der Waals surface area contributed by atoms with Crippen LogP contribution in [0, 0.1) is 0 Å². The second-order valence-electron chi connectivity index (χ2n) is 3.70. The molecule has 106 valence electrons. The van der Waals surface area contributed by atoms with Gasteiger partial charge in [-0.2, -0.15) is 12.1 Å². The monoisotopic (exact) mass is 299 g/mol. The van der Waals surface area contributed by atoms with E-state index < -0.39 is 11.4 Å². The van der Waals surface area contributed by atoms with Crippen LogP contribution in [0.3, 0.4) is 0 Å². The van der Waals surface area contributed by atoms with Crippen molar-refractivity contribution in [1.82, 2.24) is 14.8 Å². The maximum absolute atomic E-state index is 11.0. The van der Waals surface area contributed by atoms with Crippen LogP contribution in [0.5, 0.6) is 0 Å². The molecule has 0 unspecified atom stereocenters. The zero-order chi connectivity index (χ0) is 12.8. The Labute approximate surface area is 120 Å². The quantitative estimate of drug-likeness (QED) is 0.548. The van der Waals surface area contributed by atoms with E-state index in [1.165, 1.54) is 0 Å². The summed E-state index contributed by atoms with van der Waals surface area (Å²) < 4.78 is 1.11. The summed E-state index contributed by atoms with van der Waals surface area (Å²) in [6, 6.07) is 17.4. The maximum Gasteiger partial charge on any atom is 0.343 e. The SMILES string of the molecule is O=c1[nH][nH]c(=O)n1C[c-]1cccc1.[Fe].[cH-]1[cH-][cH-][cH-][cH-]1. The number of hydrogen-bond acceptors (Lipinski definition) is 2. The number of nitrogens with one attached hydrogen (secondary N) is 2. The molecule has 3 rings (SSSR count). The minimum Gasteiger partial charge on any atom is -0.748 e. The Morgan fingerprint density at radius 2 is 1.37 bits per heavy atom. The Morgan fingerprint density at radius 3 is 1.79 bits per heavy atom. The van der Waals surface area contributed by atoms with Gasteiger partial charge in [0.1, 0.15) is 0 Å². The number of aromatic nitrogens is 3. The van der Waals surface area contributed by atoms with Gasteiger partial charge in [-0.15, -0.1) is 5.56 Å². The van der Waals surface area contributed by atoms with Gasteiger partial charge in [0.15, 0.2) is 0 Å². The molecular weight excluding hydrogens is 286 g/mol. The molecule has 0 radical (unpaired) electrons. The predicted molar refractivity (Wildman–Crippen MR) is 68.8 cm³/mol. The van der Waals surface area contributed by atoms with Crippen molar-refractivity contribution < 1.29 is 17.1 Å². The van der Waals surface area contributed by atoms with Gasteiger partial charge in [0, 0.05) is 23.6 Å². The van der Waals surface area contributed by atoms with Crippen molar-refractivity contribution in [3.05, 3.63) is 81.1 Å². The van der Waals surface area contributed by atoms with Crippen molar-refractivity contribution in [2.45, 2.75) is 6.54 Å². The Hall–Kier alpha value is -2.04. The van der Waals surface area contributed by atoms with Crippen LogP contribution in [0.25, 0.3) is 0 Å². The van der Waals surface area contributed by atoms with E-state index in [0.29, 0.717) is 6.54 Å².